The van der Waals surface area contributed by atoms with E-state index in [-0.39, 0.29) is 11.3 Å². The quantitative estimate of drug-likeness (QED) is 0.761. The number of nitrogens with zero attached hydrogens (tertiary/aromatic N) is 1. The standard InChI is InChI=1S/C15H32N2O/c1-7-17(12(2)3)14(18)9-8-13(10-11-16)15(4,5)6/h12-13H,7-11,16H2,1-6H3. The van der Waals surface area contributed by atoms with E-state index in [1.165, 1.54) is 0 Å². The van der Waals surface area contributed by atoms with Gasteiger partial charge in [0.1, 0.15) is 0 Å². The summed E-state index contributed by atoms with van der Waals surface area (Å²) < 4.78 is 0. The second kappa shape index (κ2) is 7.78. The van der Waals surface area contributed by atoms with Gasteiger partial charge in [0.25, 0.3) is 0 Å². The van der Waals surface area contributed by atoms with E-state index in [4.69, 9.17) is 5.73 Å². The maximum Gasteiger partial charge on any atom is 0.222 e. The summed E-state index contributed by atoms with van der Waals surface area (Å²) in [6.45, 7) is 14.4. The average Bonchev–Trinajstić information content (AvgIpc) is 2.22. The van der Waals surface area contributed by atoms with Crippen LogP contribution < -0.4 is 5.73 Å². The molecule has 0 radical (unpaired) electrons. The van der Waals surface area contributed by atoms with E-state index in [2.05, 4.69) is 34.6 Å². The molecule has 2 N–H and O–H groups in total. The molecule has 0 fully saturated rings. The third-order valence-electron chi connectivity index (χ3n) is 3.73. The average molecular weight is 256 g/mol. The first-order valence-electron chi connectivity index (χ1n) is 7.23. The number of hydrogen-bond donors (Lipinski definition) is 1. The molecule has 0 saturated carbocycles. The number of carbonyl (C=O) groups is 1. The van der Waals surface area contributed by atoms with Gasteiger partial charge in [0.2, 0.25) is 5.91 Å². The number of hydrogen-bond acceptors (Lipinski definition) is 2. The van der Waals surface area contributed by atoms with Crippen molar-refractivity contribution in [3.63, 3.8) is 0 Å². The number of rotatable bonds is 7. The molecule has 0 rings (SSSR count). The summed E-state index contributed by atoms with van der Waals surface area (Å²) in [4.78, 5) is 14.1. The molecule has 0 saturated heterocycles. The van der Waals surface area contributed by atoms with Gasteiger partial charge in [0.05, 0.1) is 0 Å². The molecule has 0 bridgehead atoms. The molecular weight excluding hydrogens is 224 g/mol. The Morgan fingerprint density at radius 3 is 2.11 bits per heavy atom. The highest BCUT2D eigenvalue weighted by Gasteiger charge is 2.25. The van der Waals surface area contributed by atoms with Gasteiger partial charge in [-0.15, -0.1) is 0 Å². The second-order valence-electron chi connectivity index (χ2n) is 6.45. The summed E-state index contributed by atoms with van der Waals surface area (Å²) in [5.41, 5.74) is 5.90. The van der Waals surface area contributed by atoms with Gasteiger partial charge in [-0.25, -0.2) is 0 Å². The summed E-state index contributed by atoms with van der Waals surface area (Å²) in [6, 6.07) is 0.296. The van der Waals surface area contributed by atoms with Crippen molar-refractivity contribution in [2.45, 2.75) is 66.8 Å². The van der Waals surface area contributed by atoms with Crippen LogP contribution in [0.25, 0.3) is 0 Å². The summed E-state index contributed by atoms with van der Waals surface area (Å²) >= 11 is 0. The van der Waals surface area contributed by atoms with Crippen LogP contribution in [0.4, 0.5) is 0 Å². The highest BCUT2D eigenvalue weighted by molar-refractivity contribution is 5.76. The lowest BCUT2D eigenvalue weighted by atomic mass is 9.76. The Balaban J connectivity index is 4.39. The Morgan fingerprint density at radius 2 is 1.78 bits per heavy atom. The molecule has 1 atom stereocenters. The fraction of sp³-hybridized carbons (Fsp3) is 0.933. The van der Waals surface area contributed by atoms with E-state index in [9.17, 15) is 4.79 Å². The fourth-order valence-electron chi connectivity index (χ4n) is 2.48. The molecule has 18 heavy (non-hydrogen) atoms. The smallest absolute Gasteiger partial charge is 0.222 e. The van der Waals surface area contributed by atoms with Gasteiger partial charge in [-0.3, -0.25) is 4.79 Å². The first kappa shape index (κ1) is 17.4. The Bertz CT molecular complexity index is 243. The molecule has 0 aliphatic rings. The number of nitrogens with two attached hydrogens (primary N) is 1. The van der Waals surface area contributed by atoms with Crippen LogP contribution in [0, 0.1) is 11.3 Å². The normalized spacial score (nSPS) is 13.8. The van der Waals surface area contributed by atoms with Crippen LogP contribution in [0.5, 0.6) is 0 Å². The van der Waals surface area contributed by atoms with Crippen LogP contribution in [0.2, 0.25) is 0 Å². The predicted molar refractivity (Wildman–Crippen MR) is 78.4 cm³/mol. The first-order chi connectivity index (χ1) is 8.23. The maximum absolute atomic E-state index is 12.1. The molecule has 1 amide bonds. The van der Waals surface area contributed by atoms with Crippen molar-refractivity contribution < 1.29 is 4.79 Å². The van der Waals surface area contributed by atoms with Crippen molar-refractivity contribution >= 4 is 5.91 Å². The third-order valence-corrected chi connectivity index (χ3v) is 3.73. The molecule has 108 valence electrons. The van der Waals surface area contributed by atoms with Gasteiger partial charge >= 0.3 is 0 Å². The lowest BCUT2D eigenvalue weighted by Crippen LogP contribution is -2.37. The Morgan fingerprint density at radius 1 is 1.22 bits per heavy atom. The number of carbonyl (C=O) groups excluding carboxylic acids is 1. The SMILES string of the molecule is CCN(C(=O)CCC(CCN)C(C)(C)C)C(C)C. The molecule has 0 aromatic heterocycles. The van der Waals surface area contributed by atoms with E-state index in [1.807, 2.05) is 11.8 Å². The molecule has 3 nitrogen and oxygen atoms in total. The van der Waals surface area contributed by atoms with Crippen molar-refractivity contribution in [1.82, 2.24) is 4.90 Å². The molecule has 0 aromatic carbocycles. The molecule has 0 aliphatic heterocycles. The van der Waals surface area contributed by atoms with E-state index >= 15 is 0 Å². The zero-order valence-electron chi connectivity index (χ0n) is 13.1. The monoisotopic (exact) mass is 256 g/mol. The van der Waals surface area contributed by atoms with Gasteiger partial charge in [0.15, 0.2) is 0 Å². The van der Waals surface area contributed by atoms with E-state index < -0.39 is 0 Å². The second-order valence-corrected chi connectivity index (χ2v) is 6.45. The molecule has 0 heterocycles. The molecule has 0 spiro atoms. The van der Waals surface area contributed by atoms with E-state index in [1.54, 1.807) is 0 Å². The summed E-state index contributed by atoms with van der Waals surface area (Å²) in [7, 11) is 0. The van der Waals surface area contributed by atoms with Crippen molar-refractivity contribution in [1.29, 1.82) is 0 Å². The Labute approximate surface area is 113 Å². The predicted octanol–water partition coefficient (Wildman–Crippen LogP) is 3.03. The summed E-state index contributed by atoms with van der Waals surface area (Å²) in [6.07, 6.45) is 2.60. The van der Waals surface area contributed by atoms with Crippen molar-refractivity contribution in [3.8, 4) is 0 Å². The van der Waals surface area contributed by atoms with E-state index in [0.29, 0.717) is 24.9 Å². The van der Waals surface area contributed by atoms with Gasteiger partial charge in [-0.2, -0.15) is 0 Å². The zero-order valence-corrected chi connectivity index (χ0v) is 13.1. The maximum atomic E-state index is 12.1. The molecule has 3 heteroatoms. The summed E-state index contributed by atoms with van der Waals surface area (Å²) in [5, 5.41) is 0. The Hall–Kier alpha value is -0.570. The lowest BCUT2D eigenvalue weighted by molar-refractivity contribution is -0.133. The van der Waals surface area contributed by atoms with Crippen LogP contribution >= 0.6 is 0 Å². The van der Waals surface area contributed by atoms with Gasteiger partial charge in [-0.05, 0) is 51.5 Å². The van der Waals surface area contributed by atoms with Crippen LogP contribution in [-0.4, -0.2) is 29.9 Å². The lowest BCUT2D eigenvalue weighted by Gasteiger charge is -2.32. The van der Waals surface area contributed by atoms with Crippen LogP contribution in [-0.2, 0) is 4.79 Å². The Kier molecular flexibility index (Phi) is 7.53. The minimum Gasteiger partial charge on any atom is -0.341 e. The van der Waals surface area contributed by atoms with Crippen molar-refractivity contribution in [3.05, 3.63) is 0 Å². The van der Waals surface area contributed by atoms with Crippen LogP contribution in [0.3, 0.4) is 0 Å². The largest absolute Gasteiger partial charge is 0.341 e. The van der Waals surface area contributed by atoms with Gasteiger partial charge < -0.3 is 10.6 Å². The molecule has 0 aliphatic carbocycles. The molecular formula is C15H32N2O. The van der Waals surface area contributed by atoms with Gasteiger partial charge in [0, 0.05) is 19.0 Å². The minimum absolute atomic E-state index is 0.231. The molecule has 1 unspecified atom stereocenters. The third kappa shape index (κ3) is 5.85. The van der Waals surface area contributed by atoms with Crippen LogP contribution in [0.1, 0.15) is 60.8 Å². The minimum atomic E-state index is 0.231. The topological polar surface area (TPSA) is 46.3 Å². The zero-order chi connectivity index (χ0) is 14.3. The summed E-state index contributed by atoms with van der Waals surface area (Å²) in [5.74, 6) is 0.802. The van der Waals surface area contributed by atoms with Crippen molar-refractivity contribution in [2.24, 2.45) is 17.1 Å². The van der Waals surface area contributed by atoms with Crippen LogP contribution in [0.15, 0.2) is 0 Å². The highest BCUT2D eigenvalue weighted by Crippen LogP contribution is 2.32. The van der Waals surface area contributed by atoms with Gasteiger partial charge in [-0.1, -0.05) is 20.8 Å². The fourth-order valence-corrected chi connectivity index (χ4v) is 2.48. The molecule has 0 aromatic rings. The number of amides is 1. The highest BCUT2D eigenvalue weighted by atomic mass is 16.2. The van der Waals surface area contributed by atoms with E-state index in [0.717, 1.165) is 19.4 Å². The first-order valence-corrected chi connectivity index (χ1v) is 7.23. The van der Waals surface area contributed by atoms with Crippen molar-refractivity contribution in [2.75, 3.05) is 13.1 Å².